The van der Waals surface area contributed by atoms with Gasteiger partial charge in [0, 0.05) is 0 Å². The van der Waals surface area contributed by atoms with Gasteiger partial charge in [0.15, 0.2) is 5.82 Å². The molecule has 0 fully saturated rings. The monoisotopic (exact) mass is 192 g/mol. The molecule has 0 unspecified atom stereocenters. The van der Waals surface area contributed by atoms with Crippen LogP contribution in [0.25, 0.3) is 0 Å². The summed E-state index contributed by atoms with van der Waals surface area (Å²) >= 11 is 0. The fraction of sp³-hybridized carbons (Fsp3) is 0.286. The van der Waals surface area contributed by atoms with Crippen LogP contribution in [-0.2, 0) is 0 Å². The zero-order chi connectivity index (χ0) is 10.0. The number of alkyl halides is 2. The van der Waals surface area contributed by atoms with Crippen LogP contribution in [0.1, 0.15) is 12.0 Å². The molecule has 0 aromatic carbocycles. The lowest BCUT2D eigenvalue weighted by atomic mass is 10.2. The van der Waals surface area contributed by atoms with Gasteiger partial charge in [0.05, 0.1) is 19.0 Å². The molecule has 0 aliphatic carbocycles. The Morgan fingerprint density at radius 2 is 2.15 bits per heavy atom. The first-order valence-corrected chi connectivity index (χ1v) is 3.34. The Balaban J connectivity index is 3.32. The molecule has 0 saturated carbocycles. The molecule has 1 aromatic rings. The van der Waals surface area contributed by atoms with Crippen molar-refractivity contribution in [3.8, 4) is 5.88 Å². The molecule has 1 heterocycles. The summed E-state index contributed by atoms with van der Waals surface area (Å²) in [5.41, 5.74) is 3.73. The molecule has 0 amide bonds. The molecular weight excluding hydrogens is 185 g/mol. The summed E-state index contributed by atoms with van der Waals surface area (Å²) in [6.45, 7) is 0. The molecule has 3 nitrogen and oxygen atoms in total. The fourth-order valence-corrected chi connectivity index (χ4v) is 0.856. The highest BCUT2D eigenvalue weighted by Gasteiger charge is 2.22. The normalized spacial score (nSPS) is 10.5. The van der Waals surface area contributed by atoms with Gasteiger partial charge in [-0.15, -0.1) is 0 Å². The van der Waals surface area contributed by atoms with Gasteiger partial charge in [0.1, 0.15) is 5.56 Å². The number of methoxy groups -OCH3 is 1. The third kappa shape index (κ3) is 1.66. The highest BCUT2D eigenvalue weighted by atomic mass is 19.3. The van der Waals surface area contributed by atoms with E-state index < -0.39 is 29.4 Å². The van der Waals surface area contributed by atoms with Crippen LogP contribution in [0.2, 0.25) is 0 Å². The molecular formula is C7H7F3N2O. The Morgan fingerprint density at radius 3 is 2.62 bits per heavy atom. The number of ether oxygens (including phenoxy) is 1. The Kier molecular flexibility index (Phi) is 2.60. The van der Waals surface area contributed by atoms with Crippen molar-refractivity contribution in [2.45, 2.75) is 6.43 Å². The van der Waals surface area contributed by atoms with E-state index in [1.807, 2.05) is 0 Å². The summed E-state index contributed by atoms with van der Waals surface area (Å²) in [6, 6.07) is 0. The molecule has 0 saturated heterocycles. The lowest BCUT2D eigenvalue weighted by Gasteiger charge is -2.08. The number of aromatic nitrogens is 1. The molecule has 0 atom stereocenters. The van der Waals surface area contributed by atoms with Crippen LogP contribution in [-0.4, -0.2) is 12.1 Å². The van der Waals surface area contributed by atoms with Gasteiger partial charge in [0.25, 0.3) is 6.43 Å². The molecule has 1 rings (SSSR count). The minimum Gasteiger partial charge on any atom is -0.481 e. The Labute approximate surface area is 72.3 Å². The van der Waals surface area contributed by atoms with E-state index in [0.29, 0.717) is 0 Å². The zero-order valence-electron chi connectivity index (χ0n) is 6.72. The zero-order valence-corrected chi connectivity index (χ0v) is 6.72. The fourth-order valence-electron chi connectivity index (χ4n) is 0.856. The lowest BCUT2D eigenvalue weighted by molar-refractivity contribution is 0.140. The second kappa shape index (κ2) is 3.51. The molecule has 0 aliphatic rings. The lowest BCUT2D eigenvalue weighted by Crippen LogP contribution is -2.03. The number of nitrogen functional groups attached to an aromatic ring is 1. The van der Waals surface area contributed by atoms with Crippen molar-refractivity contribution in [1.29, 1.82) is 0 Å². The van der Waals surface area contributed by atoms with Gasteiger partial charge in [-0.1, -0.05) is 0 Å². The van der Waals surface area contributed by atoms with Gasteiger partial charge in [0.2, 0.25) is 5.88 Å². The van der Waals surface area contributed by atoms with Gasteiger partial charge in [-0.2, -0.15) is 0 Å². The van der Waals surface area contributed by atoms with Gasteiger partial charge in [-0.25, -0.2) is 18.2 Å². The molecule has 0 aliphatic heterocycles. The first-order valence-electron chi connectivity index (χ1n) is 3.34. The predicted molar refractivity (Wildman–Crippen MR) is 40.1 cm³/mol. The van der Waals surface area contributed by atoms with E-state index in [1.165, 1.54) is 0 Å². The Hall–Kier alpha value is -1.46. The van der Waals surface area contributed by atoms with Crippen LogP contribution >= 0.6 is 0 Å². The van der Waals surface area contributed by atoms with Crippen molar-refractivity contribution in [3.05, 3.63) is 17.6 Å². The molecule has 2 N–H and O–H groups in total. The molecule has 0 radical (unpaired) electrons. The maximum atomic E-state index is 13.0. The Morgan fingerprint density at radius 1 is 1.54 bits per heavy atom. The molecule has 0 bridgehead atoms. The van der Waals surface area contributed by atoms with Crippen LogP contribution < -0.4 is 10.5 Å². The van der Waals surface area contributed by atoms with Gasteiger partial charge >= 0.3 is 0 Å². The summed E-state index contributed by atoms with van der Waals surface area (Å²) in [6.07, 6.45) is -2.06. The smallest absolute Gasteiger partial charge is 0.271 e. The second-order valence-corrected chi connectivity index (χ2v) is 2.25. The van der Waals surface area contributed by atoms with Gasteiger partial charge in [-0.3, -0.25) is 0 Å². The number of pyridine rings is 1. The minimum absolute atomic E-state index is 0.420. The van der Waals surface area contributed by atoms with Crippen molar-refractivity contribution >= 4 is 5.69 Å². The molecule has 1 aromatic heterocycles. The summed E-state index contributed by atoms with van der Waals surface area (Å²) in [4.78, 5) is 3.41. The summed E-state index contributed by atoms with van der Waals surface area (Å²) in [5.74, 6) is -1.62. The molecule has 0 spiro atoms. The van der Waals surface area contributed by atoms with E-state index in [4.69, 9.17) is 5.73 Å². The topological polar surface area (TPSA) is 48.1 Å². The number of rotatable bonds is 2. The number of hydrogen-bond donors (Lipinski definition) is 1. The largest absolute Gasteiger partial charge is 0.481 e. The summed E-state index contributed by atoms with van der Waals surface area (Å²) in [7, 11) is 1.13. The van der Waals surface area contributed by atoms with Crippen LogP contribution in [0.4, 0.5) is 18.9 Å². The highest BCUT2D eigenvalue weighted by Crippen LogP contribution is 2.31. The SMILES string of the molecule is COc1ncc(N)c(F)c1C(F)F. The van der Waals surface area contributed by atoms with Crippen molar-refractivity contribution < 1.29 is 17.9 Å². The average molecular weight is 192 g/mol. The van der Waals surface area contributed by atoms with E-state index in [-0.39, 0.29) is 0 Å². The van der Waals surface area contributed by atoms with Crippen LogP contribution in [0.15, 0.2) is 6.20 Å². The third-order valence-electron chi connectivity index (χ3n) is 1.45. The van der Waals surface area contributed by atoms with E-state index in [2.05, 4.69) is 9.72 Å². The van der Waals surface area contributed by atoms with Crippen LogP contribution in [0.3, 0.4) is 0 Å². The number of anilines is 1. The van der Waals surface area contributed by atoms with Gasteiger partial charge < -0.3 is 10.5 Å². The van der Waals surface area contributed by atoms with E-state index >= 15 is 0 Å². The van der Waals surface area contributed by atoms with Gasteiger partial charge in [-0.05, 0) is 0 Å². The Bertz CT molecular complexity index is 317. The second-order valence-electron chi connectivity index (χ2n) is 2.25. The molecule has 6 heteroatoms. The number of hydrogen-bond acceptors (Lipinski definition) is 3. The molecule has 72 valence electrons. The standard InChI is InChI=1S/C7H7F3N2O/c1-13-7-4(6(9)10)5(8)3(11)2-12-7/h2,6H,11H2,1H3. The predicted octanol–water partition coefficient (Wildman–Crippen LogP) is 1.75. The van der Waals surface area contributed by atoms with Crippen molar-refractivity contribution in [1.82, 2.24) is 4.98 Å². The van der Waals surface area contributed by atoms with E-state index in [0.717, 1.165) is 13.3 Å². The quantitative estimate of drug-likeness (QED) is 0.776. The van der Waals surface area contributed by atoms with Crippen molar-refractivity contribution in [3.63, 3.8) is 0 Å². The van der Waals surface area contributed by atoms with Crippen molar-refractivity contribution in [2.24, 2.45) is 0 Å². The minimum atomic E-state index is -2.99. The van der Waals surface area contributed by atoms with E-state index in [9.17, 15) is 13.2 Å². The number of halogens is 3. The number of nitrogens with two attached hydrogens (primary N) is 1. The van der Waals surface area contributed by atoms with E-state index in [1.54, 1.807) is 0 Å². The summed E-state index contributed by atoms with van der Waals surface area (Å²) < 4.78 is 41.9. The van der Waals surface area contributed by atoms with Crippen molar-refractivity contribution in [2.75, 3.05) is 12.8 Å². The summed E-state index contributed by atoms with van der Waals surface area (Å²) in [5, 5.41) is 0. The maximum Gasteiger partial charge on any atom is 0.271 e. The first kappa shape index (κ1) is 9.63. The third-order valence-corrected chi connectivity index (χ3v) is 1.45. The maximum absolute atomic E-state index is 13.0. The van der Waals surface area contributed by atoms with Crippen LogP contribution in [0, 0.1) is 5.82 Å². The first-order chi connectivity index (χ1) is 6.07. The number of nitrogens with zero attached hydrogens (tertiary/aromatic N) is 1. The molecule has 13 heavy (non-hydrogen) atoms. The van der Waals surface area contributed by atoms with Crippen LogP contribution in [0.5, 0.6) is 5.88 Å². The average Bonchev–Trinajstić information content (AvgIpc) is 2.08. The highest BCUT2D eigenvalue weighted by molar-refractivity contribution is 5.45.